The van der Waals surface area contributed by atoms with E-state index < -0.39 is 32.5 Å². The lowest BCUT2D eigenvalue weighted by atomic mass is 10.0. The number of ether oxygens (including phenoxy) is 2. The van der Waals surface area contributed by atoms with Crippen LogP contribution < -0.4 is 4.89 Å². The molecule has 0 aromatic heterocycles. The van der Waals surface area contributed by atoms with Crippen LogP contribution in [0.2, 0.25) is 0 Å². The fraction of sp³-hybridized carbons (Fsp3) is 0.750. The Hall–Kier alpha value is -2.03. The van der Waals surface area contributed by atoms with Crippen molar-refractivity contribution >= 4 is 19.8 Å². The topological polar surface area (TPSA) is 111 Å². The number of esters is 2. The lowest BCUT2D eigenvalue weighted by Crippen LogP contribution is -2.37. The van der Waals surface area contributed by atoms with Crippen molar-refractivity contribution in [1.29, 1.82) is 0 Å². The number of phosphoric acid groups is 1. The number of carbonyl (C=O) groups is 2. The van der Waals surface area contributed by atoms with Crippen molar-refractivity contribution in [2.75, 3.05) is 47.5 Å². The first-order chi connectivity index (χ1) is 24.0. The van der Waals surface area contributed by atoms with Gasteiger partial charge in [0.05, 0.1) is 27.7 Å². The summed E-state index contributed by atoms with van der Waals surface area (Å²) >= 11 is 0. The minimum absolute atomic E-state index is 0.0439. The van der Waals surface area contributed by atoms with E-state index in [1.54, 1.807) is 0 Å². The van der Waals surface area contributed by atoms with Crippen LogP contribution in [0.25, 0.3) is 0 Å². The third-order valence-electron chi connectivity index (χ3n) is 7.88. The second-order valence-electron chi connectivity index (χ2n) is 13.9. The van der Waals surface area contributed by atoms with Gasteiger partial charge in [-0.05, 0) is 38.5 Å². The quantitative estimate of drug-likeness (QED) is 0.0212. The predicted molar refractivity (Wildman–Crippen MR) is 203 cm³/mol. The summed E-state index contributed by atoms with van der Waals surface area (Å²) in [5.74, 6) is -0.932. The van der Waals surface area contributed by atoms with E-state index in [2.05, 4.69) is 50.3 Å². The first-order valence-electron chi connectivity index (χ1n) is 19.3. The second kappa shape index (κ2) is 32.8. The summed E-state index contributed by atoms with van der Waals surface area (Å²) in [7, 11) is 1.12. The van der Waals surface area contributed by atoms with E-state index in [1.807, 2.05) is 33.3 Å². The van der Waals surface area contributed by atoms with Crippen LogP contribution in [0.4, 0.5) is 0 Å². The molecule has 0 aliphatic rings. The number of carbonyl (C=O) groups excluding carboxylic acids is 2. The van der Waals surface area contributed by atoms with Gasteiger partial charge in [-0.1, -0.05) is 140 Å². The second-order valence-corrected chi connectivity index (χ2v) is 15.3. The standard InChI is InChI=1S/C40H72NO8P/c1-6-8-10-12-14-16-18-20-22-24-26-28-30-32-39(42)46-36-38(37-48-50(44,45)47-35-34-41(3,4)5)49-40(43)33-31-29-27-25-23-21-19-17-15-13-11-9-7-2/h9,11,15,17,21,23,27,29,38H,6-8,10,12-14,16,18-20,22,24-26,28,30-37H2,1-5H3/b11-9-,17-15-,23-21-,29-27-. The van der Waals surface area contributed by atoms with Crippen LogP contribution in [0.5, 0.6) is 0 Å². The highest BCUT2D eigenvalue weighted by Crippen LogP contribution is 2.38. The highest BCUT2D eigenvalue weighted by molar-refractivity contribution is 7.45. The van der Waals surface area contributed by atoms with Gasteiger partial charge >= 0.3 is 11.9 Å². The van der Waals surface area contributed by atoms with Crippen LogP contribution in [-0.2, 0) is 32.7 Å². The average molecular weight is 726 g/mol. The average Bonchev–Trinajstić information content (AvgIpc) is 3.06. The summed E-state index contributed by atoms with van der Waals surface area (Å²) in [4.78, 5) is 37.3. The molecule has 0 saturated heterocycles. The Bertz CT molecular complexity index is 1000. The first kappa shape index (κ1) is 48.0. The zero-order chi connectivity index (χ0) is 37.2. The van der Waals surface area contributed by atoms with Gasteiger partial charge in [-0.15, -0.1) is 0 Å². The minimum Gasteiger partial charge on any atom is -0.756 e. The molecule has 0 rings (SSSR count). The van der Waals surface area contributed by atoms with Crippen molar-refractivity contribution in [2.24, 2.45) is 0 Å². The lowest BCUT2D eigenvalue weighted by molar-refractivity contribution is -0.870. The zero-order valence-corrected chi connectivity index (χ0v) is 33.2. The number of unbranched alkanes of at least 4 members (excludes halogenated alkanes) is 12. The van der Waals surface area contributed by atoms with Crippen molar-refractivity contribution in [3.05, 3.63) is 48.6 Å². The number of hydrogen-bond donors (Lipinski definition) is 0. The monoisotopic (exact) mass is 725 g/mol. The number of phosphoric ester groups is 1. The maximum Gasteiger partial charge on any atom is 0.306 e. The van der Waals surface area contributed by atoms with Crippen molar-refractivity contribution in [3.8, 4) is 0 Å². The Labute approximate surface area is 305 Å². The molecule has 0 fully saturated rings. The number of hydrogen-bond acceptors (Lipinski definition) is 8. The first-order valence-corrected chi connectivity index (χ1v) is 20.8. The highest BCUT2D eigenvalue weighted by atomic mass is 31.2. The number of allylic oxidation sites excluding steroid dienone is 8. The molecule has 0 bridgehead atoms. The summed E-state index contributed by atoms with van der Waals surface area (Å²) in [6.07, 6.45) is 35.9. The van der Waals surface area contributed by atoms with E-state index in [-0.39, 0.29) is 26.1 Å². The maximum atomic E-state index is 12.6. The van der Waals surface area contributed by atoms with Crippen LogP contribution in [0.3, 0.4) is 0 Å². The number of rotatable bonds is 34. The summed E-state index contributed by atoms with van der Waals surface area (Å²) in [5, 5.41) is 0. The smallest absolute Gasteiger partial charge is 0.306 e. The zero-order valence-electron chi connectivity index (χ0n) is 32.3. The largest absolute Gasteiger partial charge is 0.756 e. The number of likely N-dealkylation sites (N-methyl/N-ethyl adjacent to an activating group) is 1. The molecule has 0 aromatic rings. The van der Waals surface area contributed by atoms with Crippen LogP contribution in [0, 0.1) is 0 Å². The van der Waals surface area contributed by atoms with Gasteiger partial charge in [0, 0.05) is 12.8 Å². The molecule has 290 valence electrons. The minimum atomic E-state index is -4.63. The van der Waals surface area contributed by atoms with Crippen LogP contribution in [-0.4, -0.2) is 70.0 Å². The normalized spacial score (nSPS) is 14.3. The Morgan fingerprint density at radius 3 is 1.66 bits per heavy atom. The molecule has 2 atom stereocenters. The molecule has 0 saturated carbocycles. The summed E-state index contributed by atoms with van der Waals surface area (Å²) < 4.78 is 33.6. The van der Waals surface area contributed by atoms with E-state index in [1.165, 1.54) is 64.2 Å². The predicted octanol–water partition coefficient (Wildman–Crippen LogP) is 9.72. The van der Waals surface area contributed by atoms with Gasteiger partial charge in [-0.2, -0.15) is 0 Å². The third kappa shape index (κ3) is 35.8. The number of nitrogens with zero attached hydrogens (tertiary/aromatic N) is 1. The van der Waals surface area contributed by atoms with Gasteiger partial charge in [-0.3, -0.25) is 14.2 Å². The Kier molecular flexibility index (Phi) is 31.5. The molecule has 0 aliphatic heterocycles. The van der Waals surface area contributed by atoms with E-state index in [4.69, 9.17) is 18.5 Å². The van der Waals surface area contributed by atoms with Crippen molar-refractivity contribution in [3.63, 3.8) is 0 Å². The van der Waals surface area contributed by atoms with Crippen LogP contribution >= 0.6 is 7.82 Å². The molecule has 0 radical (unpaired) electrons. The molecule has 0 aromatic carbocycles. The molecule has 0 N–H and O–H groups in total. The summed E-state index contributed by atoms with van der Waals surface area (Å²) in [5.41, 5.74) is 0. The lowest BCUT2D eigenvalue weighted by Gasteiger charge is -2.28. The molecule has 0 amide bonds. The van der Waals surface area contributed by atoms with Gasteiger partial charge < -0.3 is 27.9 Å². The molecular weight excluding hydrogens is 653 g/mol. The van der Waals surface area contributed by atoms with Crippen molar-refractivity contribution < 1.29 is 42.1 Å². The fourth-order valence-corrected chi connectivity index (χ4v) is 5.57. The molecule has 0 spiro atoms. The third-order valence-corrected chi connectivity index (χ3v) is 8.84. The summed E-state index contributed by atoms with van der Waals surface area (Å²) in [6.45, 7) is 4.00. The van der Waals surface area contributed by atoms with Crippen LogP contribution in [0.15, 0.2) is 48.6 Å². The molecule has 0 aliphatic carbocycles. The Morgan fingerprint density at radius 1 is 0.640 bits per heavy atom. The van der Waals surface area contributed by atoms with Gasteiger partial charge in [-0.25, -0.2) is 0 Å². The SMILES string of the molecule is CC/C=C\C/C=C\C/C=C\C/C=C\CCC(=O)OC(COC(=O)CCCCCCCCCCCCCCC)COP(=O)([O-])OCC[N+](C)(C)C. The van der Waals surface area contributed by atoms with Crippen molar-refractivity contribution in [2.45, 2.75) is 148 Å². The Morgan fingerprint density at radius 2 is 1.14 bits per heavy atom. The van der Waals surface area contributed by atoms with E-state index in [0.717, 1.165) is 44.9 Å². The molecular formula is C40H72NO8P. The molecule has 9 nitrogen and oxygen atoms in total. The molecule has 2 unspecified atom stereocenters. The van der Waals surface area contributed by atoms with Gasteiger partial charge in [0.25, 0.3) is 7.82 Å². The maximum absolute atomic E-state index is 12.6. The van der Waals surface area contributed by atoms with E-state index in [0.29, 0.717) is 17.4 Å². The van der Waals surface area contributed by atoms with E-state index in [9.17, 15) is 19.0 Å². The Balaban J connectivity index is 4.54. The van der Waals surface area contributed by atoms with Crippen LogP contribution in [0.1, 0.15) is 142 Å². The highest BCUT2D eigenvalue weighted by Gasteiger charge is 2.21. The molecule has 50 heavy (non-hydrogen) atoms. The van der Waals surface area contributed by atoms with Gasteiger partial charge in [0.15, 0.2) is 6.10 Å². The van der Waals surface area contributed by atoms with Gasteiger partial charge in [0.1, 0.15) is 19.8 Å². The number of quaternary nitrogens is 1. The molecule has 10 heteroatoms. The van der Waals surface area contributed by atoms with E-state index >= 15 is 0 Å². The fourth-order valence-electron chi connectivity index (χ4n) is 4.84. The molecule has 0 heterocycles. The summed E-state index contributed by atoms with van der Waals surface area (Å²) in [6, 6.07) is 0. The van der Waals surface area contributed by atoms with Gasteiger partial charge in [0.2, 0.25) is 0 Å². The van der Waals surface area contributed by atoms with Crippen molar-refractivity contribution in [1.82, 2.24) is 0 Å².